The summed E-state index contributed by atoms with van der Waals surface area (Å²) in [5, 5.41) is 3.24. The molecule has 3 rings (SSSR count). The lowest BCUT2D eigenvalue weighted by molar-refractivity contribution is 0.0122. The van der Waals surface area contributed by atoms with Crippen LogP contribution in [0.2, 0.25) is 0 Å². The van der Waals surface area contributed by atoms with E-state index in [1.165, 1.54) is 6.07 Å². The summed E-state index contributed by atoms with van der Waals surface area (Å²) < 4.78 is 34.6. The van der Waals surface area contributed by atoms with Crippen molar-refractivity contribution in [3.05, 3.63) is 35.9 Å². The summed E-state index contributed by atoms with van der Waals surface area (Å²) in [6.45, 7) is 8.85. The Balaban J connectivity index is 1.48. The Labute approximate surface area is 194 Å². The van der Waals surface area contributed by atoms with Gasteiger partial charge in [-0.15, -0.1) is 0 Å². The topological polar surface area (TPSA) is 124 Å². The second-order valence-corrected chi connectivity index (χ2v) is 11.0. The highest BCUT2D eigenvalue weighted by Gasteiger charge is 2.27. The first-order chi connectivity index (χ1) is 15.4. The van der Waals surface area contributed by atoms with E-state index in [0.717, 1.165) is 11.9 Å². The average molecular weight is 478 g/mol. The summed E-state index contributed by atoms with van der Waals surface area (Å²) in [5.41, 5.74) is 1.50. The number of aromatic nitrogens is 3. The van der Waals surface area contributed by atoms with E-state index >= 15 is 0 Å². The summed E-state index contributed by atoms with van der Waals surface area (Å²) in [7, 11) is -3.34. The number of hydrogen-bond donors (Lipinski definition) is 1. The molecule has 0 spiro atoms. The number of likely N-dealkylation sites (tertiary alicyclic amines) is 1. The van der Waals surface area contributed by atoms with Crippen molar-refractivity contribution in [3.8, 4) is 5.88 Å². The molecule has 0 atom stereocenters. The van der Waals surface area contributed by atoms with E-state index in [1.54, 1.807) is 30.3 Å². The fraction of sp³-hybridized carbons (Fsp3) is 0.545. The number of sulfone groups is 1. The number of carbonyl (C=O) groups excluding carboxylic acids is 1. The van der Waals surface area contributed by atoms with Crippen molar-refractivity contribution in [2.24, 2.45) is 0 Å². The molecular weight excluding hydrogens is 446 g/mol. The van der Waals surface area contributed by atoms with Crippen LogP contribution in [-0.2, 0) is 21.1 Å². The first kappa shape index (κ1) is 24.7. The average Bonchev–Trinajstić information content (AvgIpc) is 2.72. The third-order valence-corrected chi connectivity index (χ3v) is 5.95. The molecule has 1 fully saturated rings. The zero-order valence-corrected chi connectivity index (χ0v) is 20.5. The predicted molar refractivity (Wildman–Crippen MR) is 123 cm³/mol. The zero-order valence-electron chi connectivity index (χ0n) is 19.7. The van der Waals surface area contributed by atoms with Gasteiger partial charge in [0.2, 0.25) is 5.88 Å². The smallest absolute Gasteiger partial charge is 0.410 e. The van der Waals surface area contributed by atoms with Gasteiger partial charge < -0.3 is 19.7 Å². The van der Waals surface area contributed by atoms with Crippen LogP contribution in [0.1, 0.15) is 45.0 Å². The molecule has 1 amide bonds. The minimum Gasteiger partial charge on any atom is -0.473 e. The Morgan fingerprint density at radius 2 is 1.88 bits per heavy atom. The quantitative estimate of drug-likeness (QED) is 0.668. The van der Waals surface area contributed by atoms with Crippen LogP contribution >= 0.6 is 0 Å². The lowest BCUT2D eigenvalue weighted by Crippen LogP contribution is -2.44. The molecule has 1 saturated heterocycles. The third kappa shape index (κ3) is 7.28. The molecular formula is C22H31N5O5S. The summed E-state index contributed by atoms with van der Waals surface area (Å²) in [6.07, 6.45) is 5.39. The standard InChI is InChI=1S/C22H31N5O5S/c1-15-18(6-7-20(26-15)33(5,29)30)24-12-16-13-25-19(14-23-16)31-17-8-10-27(11-9-17)21(28)32-22(2,3)4/h6-7,13-14,17,24H,8-12H2,1-5H3. The van der Waals surface area contributed by atoms with Crippen LogP contribution in [0.25, 0.3) is 0 Å². The lowest BCUT2D eigenvalue weighted by Gasteiger charge is -2.33. The maximum Gasteiger partial charge on any atom is 0.410 e. The molecule has 3 heterocycles. The van der Waals surface area contributed by atoms with Crippen molar-refractivity contribution < 1.29 is 22.7 Å². The van der Waals surface area contributed by atoms with Crippen molar-refractivity contribution in [1.29, 1.82) is 0 Å². The number of amides is 1. The molecule has 0 saturated carbocycles. The normalized spacial score (nSPS) is 15.2. The molecule has 33 heavy (non-hydrogen) atoms. The Morgan fingerprint density at radius 3 is 2.42 bits per heavy atom. The zero-order chi connectivity index (χ0) is 24.2. The highest BCUT2D eigenvalue weighted by atomic mass is 32.2. The molecule has 2 aromatic heterocycles. The van der Waals surface area contributed by atoms with E-state index in [9.17, 15) is 13.2 Å². The number of nitrogens with one attached hydrogen (secondary N) is 1. The Kier molecular flexibility index (Phi) is 7.41. The molecule has 1 aliphatic heterocycles. The number of nitrogens with zero attached hydrogens (tertiary/aromatic N) is 4. The summed E-state index contributed by atoms with van der Waals surface area (Å²) in [6, 6.07) is 3.16. The van der Waals surface area contributed by atoms with Crippen molar-refractivity contribution in [2.75, 3.05) is 24.7 Å². The second-order valence-electron chi connectivity index (χ2n) is 9.04. The second kappa shape index (κ2) is 9.90. The fourth-order valence-corrected chi connectivity index (χ4v) is 3.88. The van der Waals surface area contributed by atoms with E-state index < -0.39 is 15.4 Å². The highest BCUT2D eigenvalue weighted by molar-refractivity contribution is 7.90. The van der Waals surface area contributed by atoms with E-state index in [-0.39, 0.29) is 17.2 Å². The monoisotopic (exact) mass is 477 g/mol. The van der Waals surface area contributed by atoms with Crippen LogP contribution in [0.3, 0.4) is 0 Å². The molecule has 2 aromatic rings. The van der Waals surface area contributed by atoms with E-state index in [2.05, 4.69) is 20.3 Å². The molecule has 1 N–H and O–H groups in total. The number of aryl methyl sites for hydroxylation is 1. The lowest BCUT2D eigenvalue weighted by atomic mass is 10.1. The molecule has 0 aromatic carbocycles. The number of ether oxygens (including phenoxy) is 2. The minimum absolute atomic E-state index is 0.0379. The first-order valence-electron chi connectivity index (χ1n) is 10.8. The SMILES string of the molecule is Cc1nc(S(C)(=O)=O)ccc1NCc1cnc(OC2CCN(C(=O)OC(C)(C)C)CC2)cn1. The van der Waals surface area contributed by atoms with E-state index in [0.29, 0.717) is 49.7 Å². The van der Waals surface area contributed by atoms with Gasteiger partial charge in [-0.25, -0.2) is 23.2 Å². The summed E-state index contributed by atoms with van der Waals surface area (Å²) >= 11 is 0. The van der Waals surface area contributed by atoms with Crippen LogP contribution in [0.15, 0.2) is 29.6 Å². The van der Waals surface area contributed by atoms with Crippen LogP contribution in [0.4, 0.5) is 10.5 Å². The van der Waals surface area contributed by atoms with Gasteiger partial charge in [0.1, 0.15) is 11.7 Å². The van der Waals surface area contributed by atoms with Gasteiger partial charge in [-0.3, -0.25) is 4.98 Å². The van der Waals surface area contributed by atoms with Crippen LogP contribution < -0.4 is 10.1 Å². The number of piperidine rings is 1. The number of pyridine rings is 1. The van der Waals surface area contributed by atoms with E-state index in [1.807, 2.05) is 20.8 Å². The Hall–Kier alpha value is -2.95. The van der Waals surface area contributed by atoms with Crippen molar-refractivity contribution in [2.45, 2.75) is 63.8 Å². The van der Waals surface area contributed by atoms with Crippen molar-refractivity contribution in [3.63, 3.8) is 0 Å². The van der Waals surface area contributed by atoms with Crippen molar-refractivity contribution in [1.82, 2.24) is 19.9 Å². The first-order valence-corrected chi connectivity index (χ1v) is 12.7. The molecule has 10 nitrogen and oxygen atoms in total. The predicted octanol–water partition coefficient (Wildman–Crippen LogP) is 2.97. The molecule has 11 heteroatoms. The van der Waals surface area contributed by atoms with Gasteiger partial charge in [-0.05, 0) is 39.8 Å². The van der Waals surface area contributed by atoms with Crippen LogP contribution in [0.5, 0.6) is 5.88 Å². The van der Waals surface area contributed by atoms with Gasteiger partial charge in [0.05, 0.1) is 36.0 Å². The van der Waals surface area contributed by atoms with Gasteiger partial charge >= 0.3 is 6.09 Å². The van der Waals surface area contributed by atoms with Gasteiger partial charge in [0.25, 0.3) is 0 Å². The van der Waals surface area contributed by atoms with Crippen LogP contribution in [-0.4, -0.2) is 65.4 Å². The number of carbonyl (C=O) groups is 1. The highest BCUT2D eigenvalue weighted by Crippen LogP contribution is 2.20. The largest absolute Gasteiger partial charge is 0.473 e. The maximum atomic E-state index is 12.2. The van der Waals surface area contributed by atoms with Gasteiger partial charge in [-0.1, -0.05) is 0 Å². The number of rotatable bonds is 6. The third-order valence-electron chi connectivity index (χ3n) is 4.96. The maximum absolute atomic E-state index is 12.2. The Morgan fingerprint density at radius 1 is 1.18 bits per heavy atom. The van der Waals surface area contributed by atoms with E-state index in [4.69, 9.17) is 9.47 Å². The fourth-order valence-electron chi connectivity index (χ4n) is 3.27. The van der Waals surface area contributed by atoms with Crippen LogP contribution in [0, 0.1) is 6.92 Å². The van der Waals surface area contributed by atoms with Gasteiger partial charge in [0.15, 0.2) is 14.9 Å². The minimum atomic E-state index is -3.34. The summed E-state index contributed by atoms with van der Waals surface area (Å²) in [4.78, 5) is 26.7. The van der Waals surface area contributed by atoms with Gasteiger partial charge in [0, 0.05) is 32.2 Å². The summed E-state index contributed by atoms with van der Waals surface area (Å²) in [5.74, 6) is 0.435. The molecule has 0 radical (unpaired) electrons. The molecule has 1 aliphatic rings. The molecule has 180 valence electrons. The molecule has 0 unspecified atom stereocenters. The van der Waals surface area contributed by atoms with Gasteiger partial charge in [-0.2, -0.15) is 0 Å². The number of anilines is 1. The van der Waals surface area contributed by atoms with Crippen molar-refractivity contribution >= 4 is 21.6 Å². The molecule has 0 aliphatic carbocycles. The number of hydrogen-bond acceptors (Lipinski definition) is 9. The molecule has 0 bridgehead atoms. The Bertz CT molecular complexity index is 1080.